The molecule has 13 heteroatoms. The molecular weight excluding hydrogens is 793 g/mol. The maximum Gasteiger partial charge on any atom is 0.247 e. The lowest BCUT2D eigenvalue weighted by Gasteiger charge is -2.13. The van der Waals surface area contributed by atoms with Gasteiger partial charge in [-0.1, -0.05) is 38.3 Å². The fraction of sp³-hybridized carbons (Fsp3) is 0.180. The van der Waals surface area contributed by atoms with Crippen molar-refractivity contribution in [2.75, 3.05) is 39.5 Å². The Hall–Kier alpha value is -7.93. The van der Waals surface area contributed by atoms with Crippen LogP contribution in [-0.4, -0.2) is 64.3 Å². The standard InChI is InChI=1S/C26H24N4O3.C23H22N4O2.CH4/c1-5-25(31)29-23-8-6-7-16(2)22(23)13-24-27-15-19-9-18(14-28-26(19)30-24)17-10-20(32-3)12-21(11-17)33-4;1-14-5-4-6-21(24)20(14)11-22-25-13-17-7-16(12-26-23(17)27-22)15-8-18(28-2)10-19(9-15)29-3;/h5-12,14-15H,1,13H2,2-4H3,(H,29,31);4-10,12-13H,11,24H2,1-3H3;1H4. The number of carbonyl (C=O) groups excluding carboxylic acids is 1. The number of hydrogen-bond donors (Lipinski definition) is 2. The van der Waals surface area contributed by atoms with Crippen LogP contribution in [-0.2, 0) is 17.6 Å². The molecule has 13 nitrogen and oxygen atoms in total. The van der Waals surface area contributed by atoms with Crippen molar-refractivity contribution in [2.24, 2.45) is 0 Å². The number of nitrogens with one attached hydrogen (secondary N) is 1. The van der Waals surface area contributed by atoms with E-state index in [0.717, 1.165) is 78.2 Å². The van der Waals surface area contributed by atoms with Crippen molar-refractivity contribution in [3.8, 4) is 45.3 Å². The first-order valence-corrected chi connectivity index (χ1v) is 19.6. The molecule has 0 spiro atoms. The molecule has 0 aliphatic rings. The molecule has 4 aromatic carbocycles. The molecule has 320 valence electrons. The topological polar surface area (TPSA) is 169 Å². The molecule has 3 N–H and O–H groups in total. The van der Waals surface area contributed by atoms with Crippen LogP contribution in [0.15, 0.2) is 122 Å². The van der Waals surface area contributed by atoms with Crippen molar-refractivity contribution in [1.82, 2.24) is 29.9 Å². The van der Waals surface area contributed by atoms with Crippen LogP contribution >= 0.6 is 0 Å². The van der Waals surface area contributed by atoms with Gasteiger partial charge in [-0.3, -0.25) is 4.79 Å². The molecule has 0 aliphatic heterocycles. The number of aromatic nitrogens is 6. The first-order chi connectivity index (χ1) is 30.1. The van der Waals surface area contributed by atoms with Crippen LogP contribution in [0.25, 0.3) is 44.3 Å². The zero-order valence-corrected chi connectivity index (χ0v) is 35.4. The number of nitrogen functional groups attached to an aromatic ring is 1. The molecule has 0 radical (unpaired) electrons. The van der Waals surface area contributed by atoms with E-state index in [0.29, 0.717) is 47.3 Å². The Morgan fingerprint density at radius 1 is 0.603 bits per heavy atom. The molecule has 4 heterocycles. The minimum Gasteiger partial charge on any atom is -0.497 e. The number of benzene rings is 4. The Bertz CT molecular complexity index is 2870. The highest BCUT2D eigenvalue weighted by Gasteiger charge is 2.14. The van der Waals surface area contributed by atoms with Gasteiger partial charge in [-0.05, 0) is 102 Å². The van der Waals surface area contributed by atoms with Gasteiger partial charge < -0.3 is 30.0 Å². The van der Waals surface area contributed by atoms with Crippen molar-refractivity contribution >= 4 is 39.3 Å². The smallest absolute Gasteiger partial charge is 0.247 e. The van der Waals surface area contributed by atoms with Gasteiger partial charge >= 0.3 is 0 Å². The number of anilines is 2. The molecule has 0 unspecified atom stereocenters. The number of hydrogen-bond acceptors (Lipinski definition) is 12. The molecule has 0 aliphatic carbocycles. The van der Waals surface area contributed by atoms with E-state index >= 15 is 0 Å². The summed E-state index contributed by atoms with van der Waals surface area (Å²) in [7, 11) is 6.51. The van der Waals surface area contributed by atoms with Crippen LogP contribution in [0.1, 0.15) is 41.3 Å². The van der Waals surface area contributed by atoms with Gasteiger partial charge in [-0.2, -0.15) is 0 Å². The lowest BCUT2D eigenvalue weighted by molar-refractivity contribution is -0.111. The first-order valence-electron chi connectivity index (χ1n) is 19.6. The van der Waals surface area contributed by atoms with Gasteiger partial charge in [0.05, 0.1) is 28.4 Å². The molecule has 0 fully saturated rings. The van der Waals surface area contributed by atoms with Gasteiger partial charge in [0, 0.05) is 83.0 Å². The molecule has 4 aromatic heterocycles. The summed E-state index contributed by atoms with van der Waals surface area (Å²) in [6.07, 6.45) is 9.44. The van der Waals surface area contributed by atoms with Crippen molar-refractivity contribution in [2.45, 2.75) is 34.1 Å². The van der Waals surface area contributed by atoms with E-state index in [1.54, 1.807) is 53.2 Å². The molecule has 8 rings (SSSR count). The van der Waals surface area contributed by atoms with E-state index in [4.69, 9.17) is 24.7 Å². The SMILES string of the molecule is C.C=CC(=O)Nc1cccc(C)c1Cc1ncc2cc(-c3cc(OC)cc(OC)c3)cnc2n1.COc1cc(OC)cc(-c2cnc3nc(Cc4c(C)cccc4N)ncc3c2)c1. The maximum atomic E-state index is 11.8. The third kappa shape index (κ3) is 10.5. The second-order valence-corrected chi connectivity index (χ2v) is 14.3. The molecule has 0 saturated heterocycles. The van der Waals surface area contributed by atoms with E-state index in [-0.39, 0.29) is 13.3 Å². The second kappa shape index (κ2) is 20.1. The summed E-state index contributed by atoms with van der Waals surface area (Å²) in [6, 6.07) is 27.1. The number of pyridine rings is 2. The molecular formula is C50H50N8O5. The van der Waals surface area contributed by atoms with E-state index in [1.165, 1.54) is 6.08 Å². The Labute approximate surface area is 367 Å². The van der Waals surface area contributed by atoms with E-state index in [9.17, 15) is 4.79 Å². The van der Waals surface area contributed by atoms with E-state index in [2.05, 4.69) is 41.8 Å². The number of nitrogens with zero attached hydrogens (tertiary/aromatic N) is 6. The van der Waals surface area contributed by atoms with Crippen LogP contribution in [0, 0.1) is 13.8 Å². The number of ether oxygens (including phenoxy) is 4. The quantitative estimate of drug-likeness (QED) is 0.0884. The summed E-state index contributed by atoms with van der Waals surface area (Å²) in [6.45, 7) is 7.55. The molecule has 1 amide bonds. The Kier molecular flexibility index (Phi) is 14.2. The van der Waals surface area contributed by atoms with Crippen molar-refractivity contribution < 1.29 is 23.7 Å². The number of fused-ring (bicyclic) bond motifs is 2. The fourth-order valence-corrected chi connectivity index (χ4v) is 6.87. The fourth-order valence-electron chi connectivity index (χ4n) is 6.87. The molecule has 0 bridgehead atoms. The summed E-state index contributed by atoms with van der Waals surface area (Å²) >= 11 is 0. The Balaban J connectivity index is 0.000000208. The Morgan fingerprint density at radius 3 is 1.49 bits per heavy atom. The Morgan fingerprint density at radius 2 is 1.05 bits per heavy atom. The van der Waals surface area contributed by atoms with Gasteiger partial charge in [0.2, 0.25) is 5.91 Å². The zero-order valence-electron chi connectivity index (χ0n) is 35.4. The van der Waals surface area contributed by atoms with Crippen LogP contribution in [0.5, 0.6) is 23.0 Å². The zero-order chi connectivity index (χ0) is 43.8. The number of nitrogens with two attached hydrogens (primary N) is 1. The number of aryl methyl sites for hydroxylation is 2. The predicted molar refractivity (Wildman–Crippen MR) is 250 cm³/mol. The summed E-state index contributed by atoms with van der Waals surface area (Å²) in [5.74, 6) is 3.91. The molecule has 0 atom stereocenters. The van der Waals surface area contributed by atoms with Gasteiger partial charge in [0.15, 0.2) is 11.3 Å². The summed E-state index contributed by atoms with van der Waals surface area (Å²) in [5.41, 5.74) is 16.7. The highest BCUT2D eigenvalue weighted by Crippen LogP contribution is 2.32. The molecule has 8 aromatic rings. The van der Waals surface area contributed by atoms with Gasteiger partial charge in [0.1, 0.15) is 34.6 Å². The monoisotopic (exact) mass is 842 g/mol. The normalized spacial score (nSPS) is 10.6. The third-order valence-electron chi connectivity index (χ3n) is 10.3. The van der Waals surface area contributed by atoms with E-state index in [1.807, 2.05) is 98.8 Å². The van der Waals surface area contributed by atoms with Crippen molar-refractivity contribution in [3.05, 3.63) is 156 Å². The van der Waals surface area contributed by atoms with Crippen LogP contribution < -0.4 is 30.0 Å². The summed E-state index contributed by atoms with van der Waals surface area (Å²) < 4.78 is 21.5. The lowest BCUT2D eigenvalue weighted by Crippen LogP contribution is -2.11. The minimum atomic E-state index is -0.260. The average Bonchev–Trinajstić information content (AvgIpc) is 3.30. The lowest BCUT2D eigenvalue weighted by atomic mass is 10.0. The maximum absolute atomic E-state index is 11.8. The van der Waals surface area contributed by atoms with Crippen LogP contribution in [0.3, 0.4) is 0 Å². The van der Waals surface area contributed by atoms with Crippen molar-refractivity contribution in [1.29, 1.82) is 0 Å². The number of methoxy groups -OCH3 is 4. The van der Waals surface area contributed by atoms with Gasteiger partial charge in [0.25, 0.3) is 0 Å². The summed E-state index contributed by atoms with van der Waals surface area (Å²) in [4.78, 5) is 39.3. The highest BCUT2D eigenvalue weighted by atomic mass is 16.5. The highest BCUT2D eigenvalue weighted by molar-refractivity contribution is 5.99. The van der Waals surface area contributed by atoms with Crippen LogP contribution in [0.4, 0.5) is 11.4 Å². The number of carbonyl (C=O) groups is 1. The second-order valence-electron chi connectivity index (χ2n) is 14.3. The van der Waals surface area contributed by atoms with Gasteiger partial charge in [-0.15, -0.1) is 0 Å². The van der Waals surface area contributed by atoms with Crippen molar-refractivity contribution in [3.63, 3.8) is 0 Å². The molecule has 0 saturated carbocycles. The number of rotatable bonds is 12. The number of amides is 1. The first kappa shape index (κ1) is 44.6. The van der Waals surface area contributed by atoms with Gasteiger partial charge in [-0.25, -0.2) is 29.9 Å². The van der Waals surface area contributed by atoms with E-state index < -0.39 is 0 Å². The minimum absolute atomic E-state index is 0. The van der Waals surface area contributed by atoms with Crippen LogP contribution in [0.2, 0.25) is 0 Å². The predicted octanol–water partition coefficient (Wildman–Crippen LogP) is 9.56. The molecule has 63 heavy (non-hydrogen) atoms. The largest absolute Gasteiger partial charge is 0.497 e. The third-order valence-corrected chi connectivity index (χ3v) is 10.3. The summed E-state index contributed by atoms with van der Waals surface area (Å²) in [5, 5.41) is 4.54. The average molecular weight is 843 g/mol.